The molecule has 0 aliphatic carbocycles. The Hall–Kier alpha value is -1.80. The van der Waals surface area contributed by atoms with Crippen LogP contribution in [0.1, 0.15) is 12.8 Å². The molecule has 16 heavy (non-hydrogen) atoms. The molecular weight excluding hydrogens is 224 g/mol. The molecule has 0 spiro atoms. The van der Waals surface area contributed by atoms with Crippen molar-refractivity contribution >= 4 is 23.7 Å². The quantitative estimate of drug-likeness (QED) is 0.268. The predicted molar refractivity (Wildman–Crippen MR) is 46.1 cm³/mol. The number of aliphatic carboxylic acids is 1. The first-order valence-electron chi connectivity index (χ1n) is 4.18. The van der Waals surface area contributed by atoms with Gasteiger partial charge >= 0.3 is 17.9 Å². The molecule has 0 aromatic heterocycles. The minimum absolute atomic E-state index is 0.565. The van der Waals surface area contributed by atoms with Gasteiger partial charge in [0.25, 0.3) is 0 Å². The number of carbonyl (C=O) groups is 4. The van der Waals surface area contributed by atoms with Crippen LogP contribution in [0.3, 0.4) is 0 Å². The fourth-order valence-corrected chi connectivity index (χ4v) is 0.613. The monoisotopic (exact) mass is 234 g/mol. The Bertz CT molecular complexity index is 307. The summed E-state index contributed by atoms with van der Waals surface area (Å²) in [6, 6.07) is 0. The number of ether oxygens (including phenoxy) is 1. The van der Waals surface area contributed by atoms with Crippen molar-refractivity contribution in [2.24, 2.45) is 0 Å². The second kappa shape index (κ2) is 6.64. The zero-order chi connectivity index (χ0) is 12.7. The van der Waals surface area contributed by atoms with E-state index >= 15 is 0 Å². The number of carboxylic acid groups (broad SMARTS) is 1. The van der Waals surface area contributed by atoms with E-state index in [9.17, 15) is 19.2 Å². The molecule has 0 saturated carbocycles. The molecule has 0 aromatic carbocycles. The van der Waals surface area contributed by atoms with Gasteiger partial charge in [-0.2, -0.15) is 0 Å². The standard InChI is InChI=1S/C8H10O8/c9-3-5(11)8(15)16-7(14)4(10)1-2-6(12)13/h5,9,11H,1-3H2,(H,12,13). The van der Waals surface area contributed by atoms with E-state index < -0.39 is 49.2 Å². The highest BCUT2D eigenvalue weighted by Crippen LogP contribution is 1.96. The van der Waals surface area contributed by atoms with Gasteiger partial charge in [0.05, 0.1) is 13.0 Å². The first-order valence-corrected chi connectivity index (χ1v) is 4.18. The lowest BCUT2D eigenvalue weighted by molar-refractivity contribution is -0.170. The Labute approximate surface area is 89.4 Å². The van der Waals surface area contributed by atoms with Gasteiger partial charge in [0.15, 0.2) is 6.10 Å². The molecular formula is C8H10O8. The third-order valence-electron chi connectivity index (χ3n) is 1.43. The molecule has 8 nitrogen and oxygen atoms in total. The van der Waals surface area contributed by atoms with Crippen molar-refractivity contribution in [3.05, 3.63) is 0 Å². The fourth-order valence-electron chi connectivity index (χ4n) is 0.613. The summed E-state index contributed by atoms with van der Waals surface area (Å²) in [4.78, 5) is 42.4. The Morgan fingerprint density at radius 1 is 1.12 bits per heavy atom. The molecule has 0 fully saturated rings. The van der Waals surface area contributed by atoms with Gasteiger partial charge in [-0.25, -0.2) is 9.59 Å². The van der Waals surface area contributed by atoms with Gasteiger partial charge in [-0.05, 0) is 0 Å². The van der Waals surface area contributed by atoms with Crippen molar-refractivity contribution in [2.75, 3.05) is 6.61 Å². The maximum absolute atomic E-state index is 10.9. The Morgan fingerprint density at radius 2 is 1.69 bits per heavy atom. The van der Waals surface area contributed by atoms with Crippen LogP contribution in [-0.4, -0.2) is 51.7 Å². The van der Waals surface area contributed by atoms with Crippen LogP contribution >= 0.6 is 0 Å². The lowest BCUT2D eigenvalue weighted by Crippen LogP contribution is -2.31. The Morgan fingerprint density at radius 3 is 2.12 bits per heavy atom. The van der Waals surface area contributed by atoms with Gasteiger partial charge in [-0.3, -0.25) is 9.59 Å². The van der Waals surface area contributed by atoms with E-state index in [2.05, 4.69) is 4.74 Å². The molecule has 0 amide bonds. The average Bonchev–Trinajstić information content (AvgIpc) is 2.24. The minimum Gasteiger partial charge on any atom is -0.481 e. The summed E-state index contributed by atoms with van der Waals surface area (Å²) in [5.74, 6) is -5.49. The van der Waals surface area contributed by atoms with Gasteiger partial charge < -0.3 is 20.1 Å². The van der Waals surface area contributed by atoms with Crippen molar-refractivity contribution in [1.82, 2.24) is 0 Å². The largest absolute Gasteiger partial charge is 0.481 e. The number of aliphatic hydroxyl groups is 2. The third-order valence-corrected chi connectivity index (χ3v) is 1.43. The minimum atomic E-state index is -1.91. The van der Waals surface area contributed by atoms with Gasteiger partial charge in [0, 0.05) is 6.42 Å². The number of Topliss-reactive ketones (excluding diaryl/α,β-unsaturated/α-hetero) is 1. The molecule has 1 unspecified atom stereocenters. The zero-order valence-corrected chi connectivity index (χ0v) is 8.08. The van der Waals surface area contributed by atoms with E-state index in [1.807, 2.05) is 0 Å². The van der Waals surface area contributed by atoms with E-state index in [4.69, 9.17) is 15.3 Å². The molecule has 0 heterocycles. The number of carboxylic acids is 1. The van der Waals surface area contributed by atoms with Crippen molar-refractivity contribution in [3.8, 4) is 0 Å². The summed E-state index contributed by atoms with van der Waals surface area (Å²) in [7, 11) is 0. The number of carbonyl (C=O) groups excluding carboxylic acids is 3. The van der Waals surface area contributed by atoms with E-state index in [0.29, 0.717) is 0 Å². The summed E-state index contributed by atoms with van der Waals surface area (Å²) < 4.78 is 3.87. The van der Waals surface area contributed by atoms with E-state index in [1.54, 1.807) is 0 Å². The highest BCUT2D eigenvalue weighted by Gasteiger charge is 2.24. The zero-order valence-electron chi connectivity index (χ0n) is 8.08. The highest BCUT2D eigenvalue weighted by molar-refractivity contribution is 6.35. The lowest BCUT2D eigenvalue weighted by atomic mass is 10.2. The summed E-state index contributed by atoms with van der Waals surface area (Å²) >= 11 is 0. The molecule has 0 aliphatic heterocycles. The highest BCUT2D eigenvalue weighted by atomic mass is 16.6. The van der Waals surface area contributed by atoms with Gasteiger partial charge in [0.1, 0.15) is 0 Å². The van der Waals surface area contributed by atoms with Crippen molar-refractivity contribution in [3.63, 3.8) is 0 Å². The number of ketones is 1. The molecule has 1 atom stereocenters. The van der Waals surface area contributed by atoms with E-state index in [1.165, 1.54) is 0 Å². The number of rotatable bonds is 6. The molecule has 0 aromatic rings. The number of hydrogen-bond donors (Lipinski definition) is 3. The second-order valence-corrected chi connectivity index (χ2v) is 2.72. The van der Waals surface area contributed by atoms with Crippen LogP contribution in [0.5, 0.6) is 0 Å². The maximum Gasteiger partial charge on any atom is 0.382 e. The first kappa shape index (κ1) is 14.2. The van der Waals surface area contributed by atoms with Crippen LogP contribution < -0.4 is 0 Å². The summed E-state index contributed by atoms with van der Waals surface area (Å²) in [5.41, 5.74) is 0. The van der Waals surface area contributed by atoms with Crippen LogP contribution in [0.15, 0.2) is 0 Å². The van der Waals surface area contributed by atoms with Crippen LogP contribution in [0.2, 0.25) is 0 Å². The maximum atomic E-state index is 10.9. The van der Waals surface area contributed by atoms with E-state index in [-0.39, 0.29) is 0 Å². The Balaban J connectivity index is 4.11. The molecule has 0 rings (SSSR count). The molecule has 8 heteroatoms. The van der Waals surface area contributed by atoms with Crippen LogP contribution in [0, 0.1) is 0 Å². The molecule has 3 N–H and O–H groups in total. The summed E-state index contributed by atoms with van der Waals surface area (Å²) in [5, 5.41) is 25.2. The van der Waals surface area contributed by atoms with Crippen LogP contribution in [0.25, 0.3) is 0 Å². The summed E-state index contributed by atoms with van der Waals surface area (Å²) in [6.45, 7) is -0.949. The van der Waals surface area contributed by atoms with Crippen LogP contribution in [0.4, 0.5) is 0 Å². The van der Waals surface area contributed by atoms with Gasteiger partial charge in [-0.15, -0.1) is 0 Å². The predicted octanol–water partition coefficient (Wildman–Crippen LogP) is -2.16. The first-order chi connectivity index (χ1) is 7.38. The number of hydrogen-bond acceptors (Lipinski definition) is 7. The molecule has 0 aliphatic rings. The smallest absolute Gasteiger partial charge is 0.382 e. The average molecular weight is 234 g/mol. The topological polar surface area (TPSA) is 138 Å². The summed E-state index contributed by atoms with van der Waals surface area (Å²) in [6.07, 6.45) is -3.07. The SMILES string of the molecule is O=C(O)CCC(=O)C(=O)OC(=O)C(O)CO. The molecule has 90 valence electrons. The van der Waals surface area contributed by atoms with Crippen molar-refractivity contribution < 1.29 is 39.2 Å². The fraction of sp³-hybridized carbons (Fsp3) is 0.500. The van der Waals surface area contributed by atoms with E-state index in [0.717, 1.165) is 0 Å². The molecule has 0 saturated heterocycles. The third kappa shape index (κ3) is 5.17. The van der Waals surface area contributed by atoms with Crippen molar-refractivity contribution in [1.29, 1.82) is 0 Å². The number of aliphatic hydroxyl groups excluding tert-OH is 2. The van der Waals surface area contributed by atoms with Gasteiger partial charge in [0.2, 0.25) is 5.78 Å². The molecule has 0 bridgehead atoms. The second-order valence-electron chi connectivity index (χ2n) is 2.72. The molecule has 0 radical (unpaired) electrons. The van der Waals surface area contributed by atoms with Gasteiger partial charge in [-0.1, -0.05) is 0 Å². The number of esters is 2. The van der Waals surface area contributed by atoms with Crippen molar-refractivity contribution in [2.45, 2.75) is 18.9 Å². The normalized spacial score (nSPS) is 11.6. The lowest BCUT2D eigenvalue weighted by Gasteiger charge is -2.05. The Kier molecular flexibility index (Phi) is 5.89. The van der Waals surface area contributed by atoms with Crippen LogP contribution in [-0.2, 0) is 23.9 Å².